The Labute approximate surface area is 113 Å². The van der Waals surface area contributed by atoms with E-state index in [0.717, 1.165) is 12.1 Å². The summed E-state index contributed by atoms with van der Waals surface area (Å²) < 4.78 is 14.7. The fourth-order valence-electron chi connectivity index (χ4n) is 1.71. The molecule has 2 rings (SSSR count). The van der Waals surface area contributed by atoms with Crippen LogP contribution < -0.4 is 5.32 Å². The molecular formula is C12H11FN4O3. The molecule has 20 heavy (non-hydrogen) atoms. The summed E-state index contributed by atoms with van der Waals surface area (Å²) >= 11 is 0. The van der Waals surface area contributed by atoms with E-state index in [1.165, 1.54) is 10.7 Å². The molecule has 0 saturated carbocycles. The van der Waals surface area contributed by atoms with E-state index in [9.17, 15) is 19.3 Å². The SMILES string of the molecule is Cc1cc(NC(=O)c2ccc(F)c([N+](=O)[O-])c2)n(C)n1. The molecule has 1 N–H and O–H groups in total. The molecule has 1 heterocycles. The van der Waals surface area contributed by atoms with Crippen molar-refractivity contribution in [1.82, 2.24) is 9.78 Å². The van der Waals surface area contributed by atoms with Crippen molar-refractivity contribution in [2.75, 3.05) is 5.32 Å². The Hall–Kier alpha value is -2.77. The third-order valence-corrected chi connectivity index (χ3v) is 2.65. The molecular weight excluding hydrogens is 267 g/mol. The zero-order valence-electron chi connectivity index (χ0n) is 10.8. The second kappa shape index (κ2) is 5.08. The maximum Gasteiger partial charge on any atom is 0.305 e. The van der Waals surface area contributed by atoms with Crippen LogP contribution in [0.3, 0.4) is 0 Å². The quantitative estimate of drug-likeness (QED) is 0.687. The van der Waals surface area contributed by atoms with Gasteiger partial charge in [-0.25, -0.2) is 0 Å². The number of benzene rings is 1. The average Bonchev–Trinajstić information content (AvgIpc) is 2.67. The Bertz CT molecular complexity index is 696. The Balaban J connectivity index is 2.28. The summed E-state index contributed by atoms with van der Waals surface area (Å²) in [6, 6.07) is 4.62. The van der Waals surface area contributed by atoms with Crippen LogP contribution in [-0.2, 0) is 7.05 Å². The van der Waals surface area contributed by atoms with Crippen molar-refractivity contribution >= 4 is 17.4 Å². The third-order valence-electron chi connectivity index (χ3n) is 2.65. The van der Waals surface area contributed by atoms with E-state index in [2.05, 4.69) is 10.4 Å². The summed E-state index contributed by atoms with van der Waals surface area (Å²) in [5.74, 6) is -1.11. The number of aromatic nitrogens is 2. The summed E-state index contributed by atoms with van der Waals surface area (Å²) in [6.45, 7) is 1.76. The van der Waals surface area contributed by atoms with Gasteiger partial charge in [-0.05, 0) is 19.1 Å². The standard InChI is InChI=1S/C12H11FN4O3/c1-7-5-11(16(2)15-7)14-12(18)8-3-4-9(13)10(6-8)17(19)20/h3-6H,1-2H3,(H,14,18). The highest BCUT2D eigenvalue weighted by atomic mass is 19.1. The number of rotatable bonds is 3. The smallest absolute Gasteiger partial charge is 0.305 e. The number of nitro benzene ring substituents is 1. The van der Waals surface area contributed by atoms with Crippen molar-refractivity contribution in [3.63, 3.8) is 0 Å². The van der Waals surface area contributed by atoms with Crippen LogP contribution in [0.1, 0.15) is 16.1 Å². The molecule has 0 aliphatic rings. The number of aryl methyl sites for hydroxylation is 2. The summed E-state index contributed by atoms with van der Waals surface area (Å²) in [5.41, 5.74) is -0.0244. The number of nitrogens with zero attached hydrogens (tertiary/aromatic N) is 3. The minimum absolute atomic E-state index is 0.00282. The molecule has 1 aromatic heterocycles. The second-order valence-electron chi connectivity index (χ2n) is 4.17. The first-order valence-electron chi connectivity index (χ1n) is 5.64. The van der Waals surface area contributed by atoms with Gasteiger partial charge in [-0.1, -0.05) is 0 Å². The lowest BCUT2D eigenvalue weighted by Gasteiger charge is -2.05. The highest BCUT2D eigenvalue weighted by molar-refractivity contribution is 6.04. The highest BCUT2D eigenvalue weighted by Gasteiger charge is 2.18. The van der Waals surface area contributed by atoms with E-state index in [1.54, 1.807) is 20.0 Å². The van der Waals surface area contributed by atoms with Crippen LogP contribution in [0.25, 0.3) is 0 Å². The van der Waals surface area contributed by atoms with Crippen LogP contribution in [-0.4, -0.2) is 20.6 Å². The van der Waals surface area contributed by atoms with Crippen LogP contribution in [0, 0.1) is 22.9 Å². The van der Waals surface area contributed by atoms with Gasteiger partial charge in [-0.3, -0.25) is 19.6 Å². The molecule has 0 fully saturated rings. The lowest BCUT2D eigenvalue weighted by Crippen LogP contribution is -2.15. The average molecular weight is 278 g/mol. The number of nitrogens with one attached hydrogen (secondary N) is 1. The molecule has 1 aromatic carbocycles. The molecule has 0 bridgehead atoms. The molecule has 104 valence electrons. The number of carbonyl (C=O) groups excluding carboxylic acids is 1. The van der Waals surface area contributed by atoms with Crippen LogP contribution in [0.5, 0.6) is 0 Å². The van der Waals surface area contributed by atoms with Crippen molar-refractivity contribution in [3.05, 3.63) is 51.5 Å². The molecule has 0 radical (unpaired) electrons. The fourth-order valence-corrected chi connectivity index (χ4v) is 1.71. The predicted octanol–water partition coefficient (Wildman–Crippen LogP) is 2.03. The van der Waals surface area contributed by atoms with E-state index in [1.807, 2.05) is 0 Å². The predicted molar refractivity (Wildman–Crippen MR) is 69.0 cm³/mol. The number of anilines is 1. The van der Waals surface area contributed by atoms with Crippen LogP contribution in [0.2, 0.25) is 0 Å². The fraction of sp³-hybridized carbons (Fsp3) is 0.167. The number of hydrogen-bond acceptors (Lipinski definition) is 4. The van der Waals surface area contributed by atoms with E-state index in [-0.39, 0.29) is 5.56 Å². The van der Waals surface area contributed by atoms with Crippen LogP contribution >= 0.6 is 0 Å². The molecule has 7 nitrogen and oxygen atoms in total. The van der Waals surface area contributed by atoms with Gasteiger partial charge in [-0.2, -0.15) is 9.49 Å². The van der Waals surface area contributed by atoms with E-state index in [4.69, 9.17) is 0 Å². The zero-order valence-corrected chi connectivity index (χ0v) is 10.8. The van der Waals surface area contributed by atoms with Crippen LogP contribution in [0.4, 0.5) is 15.9 Å². The molecule has 0 aliphatic heterocycles. The van der Waals surface area contributed by atoms with Crippen molar-refractivity contribution in [2.24, 2.45) is 7.05 Å². The van der Waals surface area contributed by atoms with Gasteiger partial charge in [0.2, 0.25) is 5.82 Å². The lowest BCUT2D eigenvalue weighted by atomic mass is 10.2. The van der Waals surface area contributed by atoms with Gasteiger partial charge >= 0.3 is 5.69 Å². The number of amides is 1. The van der Waals surface area contributed by atoms with Gasteiger partial charge in [0.15, 0.2) is 0 Å². The Morgan fingerprint density at radius 3 is 2.70 bits per heavy atom. The molecule has 0 spiro atoms. The third kappa shape index (κ3) is 2.63. The second-order valence-corrected chi connectivity index (χ2v) is 4.17. The normalized spacial score (nSPS) is 10.3. The van der Waals surface area contributed by atoms with Gasteiger partial charge < -0.3 is 5.32 Å². The molecule has 0 unspecified atom stereocenters. The van der Waals surface area contributed by atoms with Crippen LogP contribution in [0.15, 0.2) is 24.3 Å². The van der Waals surface area contributed by atoms with Gasteiger partial charge in [0, 0.05) is 24.7 Å². The molecule has 0 atom stereocenters. The monoisotopic (exact) mass is 278 g/mol. The van der Waals surface area contributed by atoms with E-state index >= 15 is 0 Å². The minimum Gasteiger partial charge on any atom is -0.307 e. The molecule has 2 aromatic rings. The number of nitro groups is 1. The maximum absolute atomic E-state index is 13.2. The molecule has 0 saturated heterocycles. The Kier molecular flexibility index (Phi) is 3.47. The maximum atomic E-state index is 13.2. The number of carbonyl (C=O) groups is 1. The number of hydrogen-bond donors (Lipinski definition) is 1. The highest BCUT2D eigenvalue weighted by Crippen LogP contribution is 2.19. The number of halogens is 1. The van der Waals surface area contributed by atoms with Crippen molar-refractivity contribution in [1.29, 1.82) is 0 Å². The first-order chi connectivity index (χ1) is 9.38. The van der Waals surface area contributed by atoms with Gasteiger partial charge in [0.05, 0.1) is 10.6 Å². The first kappa shape index (κ1) is 13.7. The molecule has 1 amide bonds. The molecule has 8 heteroatoms. The van der Waals surface area contributed by atoms with Gasteiger partial charge in [0.25, 0.3) is 5.91 Å². The van der Waals surface area contributed by atoms with Crippen molar-refractivity contribution < 1.29 is 14.1 Å². The summed E-state index contributed by atoms with van der Waals surface area (Å²) in [6.07, 6.45) is 0. The lowest BCUT2D eigenvalue weighted by molar-refractivity contribution is -0.387. The van der Waals surface area contributed by atoms with E-state index < -0.39 is 22.3 Å². The zero-order chi connectivity index (χ0) is 14.9. The van der Waals surface area contributed by atoms with Crippen molar-refractivity contribution in [3.8, 4) is 0 Å². The molecule has 0 aliphatic carbocycles. The van der Waals surface area contributed by atoms with Gasteiger partial charge in [0.1, 0.15) is 5.82 Å². The van der Waals surface area contributed by atoms with Gasteiger partial charge in [-0.15, -0.1) is 0 Å². The minimum atomic E-state index is -0.983. The Morgan fingerprint density at radius 2 is 2.15 bits per heavy atom. The van der Waals surface area contributed by atoms with Crippen molar-refractivity contribution in [2.45, 2.75) is 6.92 Å². The largest absolute Gasteiger partial charge is 0.307 e. The summed E-state index contributed by atoms with van der Waals surface area (Å²) in [4.78, 5) is 21.7. The Morgan fingerprint density at radius 1 is 1.45 bits per heavy atom. The topological polar surface area (TPSA) is 90.1 Å². The van der Waals surface area contributed by atoms with E-state index in [0.29, 0.717) is 11.5 Å². The summed E-state index contributed by atoms with van der Waals surface area (Å²) in [7, 11) is 1.65. The first-order valence-corrected chi connectivity index (χ1v) is 5.64. The summed E-state index contributed by atoms with van der Waals surface area (Å²) in [5, 5.41) is 17.2.